The minimum Gasteiger partial charge on any atom is -0.465 e. The third kappa shape index (κ3) is 40.8. The van der Waals surface area contributed by atoms with Gasteiger partial charge < -0.3 is 43.4 Å². The molecule has 1 saturated heterocycles. The molecule has 1 fully saturated rings. The normalized spacial score (nSPS) is 13.1. The second kappa shape index (κ2) is 49.1. The van der Waals surface area contributed by atoms with Crippen LogP contribution in [0.2, 0.25) is 0 Å². The number of likely N-dealkylation sites (tertiary alicyclic amines) is 1. The average Bonchev–Trinajstić information content (AvgIpc) is 3.95. The van der Waals surface area contributed by atoms with E-state index in [1.165, 1.54) is 83.5 Å². The van der Waals surface area contributed by atoms with E-state index in [0.29, 0.717) is 81.6 Å². The molecule has 14 heteroatoms. The number of allylic oxidation sites excluding steroid dienone is 1. The maximum absolute atomic E-state index is 13.2. The molecule has 1 unspecified atom stereocenters. The molecule has 1 amide bonds. The van der Waals surface area contributed by atoms with Crippen molar-refractivity contribution in [3.63, 3.8) is 0 Å². The summed E-state index contributed by atoms with van der Waals surface area (Å²) in [5.74, 6) is -1.32. The summed E-state index contributed by atoms with van der Waals surface area (Å²) in [5, 5.41) is 2.89. The third-order valence-electron chi connectivity index (χ3n) is 13.9. The summed E-state index contributed by atoms with van der Waals surface area (Å²) >= 11 is 0. The Hall–Kier alpha value is -4.01. The predicted octanol–water partition coefficient (Wildman–Crippen LogP) is 15.0. The molecule has 0 saturated carbocycles. The highest BCUT2D eigenvalue weighted by molar-refractivity contribution is 5.71. The highest BCUT2D eigenvalue weighted by Crippen LogP contribution is 2.19. The van der Waals surface area contributed by atoms with Crippen LogP contribution in [0.5, 0.6) is 0 Å². The predicted molar refractivity (Wildman–Crippen MR) is 306 cm³/mol. The molecule has 0 radical (unpaired) electrons. The van der Waals surface area contributed by atoms with Crippen molar-refractivity contribution < 1.29 is 57.1 Å². The van der Waals surface area contributed by atoms with E-state index in [4.69, 9.17) is 33.2 Å². The van der Waals surface area contributed by atoms with Gasteiger partial charge in [-0.1, -0.05) is 149 Å². The lowest BCUT2D eigenvalue weighted by atomic mass is 10.1. The van der Waals surface area contributed by atoms with E-state index in [2.05, 4.69) is 50.1 Å². The van der Waals surface area contributed by atoms with Crippen molar-refractivity contribution in [1.82, 2.24) is 10.2 Å². The highest BCUT2D eigenvalue weighted by Gasteiger charge is 2.19. The fourth-order valence-corrected chi connectivity index (χ4v) is 9.25. The lowest BCUT2D eigenvalue weighted by molar-refractivity contribution is -0.160. The monoisotopic (exact) mass is 1080 g/mol. The first-order valence-electron chi connectivity index (χ1n) is 30.9. The van der Waals surface area contributed by atoms with Crippen molar-refractivity contribution in [1.29, 1.82) is 0 Å². The van der Waals surface area contributed by atoms with Gasteiger partial charge in [-0.05, 0) is 125 Å². The molecule has 442 valence electrons. The molecule has 0 aliphatic carbocycles. The first-order valence-corrected chi connectivity index (χ1v) is 30.9. The van der Waals surface area contributed by atoms with Gasteiger partial charge >= 0.3 is 30.0 Å². The molecule has 77 heavy (non-hydrogen) atoms. The number of nitrogens with zero attached hydrogens (tertiary/aromatic N) is 1. The smallest absolute Gasteiger partial charge is 0.407 e. The van der Waals surface area contributed by atoms with E-state index < -0.39 is 24.5 Å². The van der Waals surface area contributed by atoms with Gasteiger partial charge in [-0.15, -0.1) is 0 Å². The molecule has 14 nitrogen and oxygen atoms in total. The number of carbonyl (C=O) groups is 5. The van der Waals surface area contributed by atoms with Crippen molar-refractivity contribution in [2.75, 3.05) is 46.0 Å². The summed E-state index contributed by atoms with van der Waals surface area (Å²) in [6.45, 7) is 13.7. The number of rotatable bonds is 51. The standard InChI is InChI=1S/C63H108N2O12/c1-5-9-13-17-20-25-31-45-71-58(66)35-27-21-22-28-36-59(67)74-51-54-48-55(52-75-60(68)38-37-57(34-26-16-12-8-4)77-63(70)64-41-44-65-42-29-30-43-65)50-56(49-54)53-76-61(69)39-40-62(72-46-32-23-18-14-10-6-2)73-47-33-24-19-15-11-7-3/h20,25,48-50,57,62H,5-19,21-24,26-47,51-53H2,1-4H3,(H,64,70)/b25-20-. The van der Waals surface area contributed by atoms with Crippen molar-refractivity contribution in [2.45, 2.75) is 278 Å². The number of alkyl carbamates (subject to hydrolysis) is 1. The molecule has 0 spiro atoms. The summed E-state index contributed by atoms with van der Waals surface area (Å²) < 4.78 is 40.8. The van der Waals surface area contributed by atoms with Crippen LogP contribution in [-0.4, -0.2) is 93.3 Å². The molecule has 0 bridgehead atoms. The SMILES string of the molecule is CCCCC/C=C\CCOC(=O)CCCCCCC(=O)OCc1cc(COC(=O)CCC(CCCCCC)OC(=O)NCCN2CCCC2)cc(COC(=O)CCC(OCCCCCCCC)OCCCCCCCC)c1. The summed E-state index contributed by atoms with van der Waals surface area (Å²) in [4.78, 5) is 66.6. The summed E-state index contributed by atoms with van der Waals surface area (Å²) in [5.41, 5.74) is 2.00. The van der Waals surface area contributed by atoms with Crippen molar-refractivity contribution >= 4 is 30.0 Å². The second-order valence-corrected chi connectivity index (χ2v) is 21.2. The topological polar surface area (TPSA) is 165 Å². The molecule has 1 aliphatic rings. The van der Waals surface area contributed by atoms with E-state index in [9.17, 15) is 24.0 Å². The first-order chi connectivity index (χ1) is 37.6. The largest absolute Gasteiger partial charge is 0.465 e. The Labute approximate surface area is 466 Å². The summed E-state index contributed by atoms with van der Waals surface area (Å²) in [6.07, 6.45) is 33.8. The number of ether oxygens (including phenoxy) is 7. The fourth-order valence-electron chi connectivity index (χ4n) is 9.25. The van der Waals surface area contributed by atoms with Crippen LogP contribution in [0.25, 0.3) is 0 Å². The number of esters is 4. The fraction of sp³-hybridized carbons (Fsp3) is 0.794. The molecule has 1 aromatic rings. The van der Waals surface area contributed by atoms with Crippen LogP contribution in [0.1, 0.15) is 263 Å². The number of amides is 1. The zero-order chi connectivity index (χ0) is 55.7. The summed E-state index contributed by atoms with van der Waals surface area (Å²) in [6, 6.07) is 5.49. The van der Waals surface area contributed by atoms with Crippen molar-refractivity contribution in [3.8, 4) is 0 Å². The first kappa shape index (κ1) is 69.1. The van der Waals surface area contributed by atoms with E-state index >= 15 is 0 Å². The lowest BCUT2D eigenvalue weighted by Crippen LogP contribution is -2.35. The van der Waals surface area contributed by atoms with Gasteiger partial charge in [-0.3, -0.25) is 19.2 Å². The van der Waals surface area contributed by atoms with Gasteiger partial charge in [0.15, 0.2) is 6.29 Å². The summed E-state index contributed by atoms with van der Waals surface area (Å²) in [7, 11) is 0. The van der Waals surface area contributed by atoms with Gasteiger partial charge in [0.1, 0.15) is 25.9 Å². The van der Waals surface area contributed by atoms with E-state index in [1.807, 2.05) is 18.2 Å². The minimum absolute atomic E-state index is 0.00789. The van der Waals surface area contributed by atoms with Crippen LogP contribution in [0.4, 0.5) is 4.79 Å². The maximum atomic E-state index is 13.2. The van der Waals surface area contributed by atoms with Crippen LogP contribution in [0, 0.1) is 0 Å². The van der Waals surface area contributed by atoms with Gasteiger partial charge in [0.2, 0.25) is 0 Å². The number of carbonyl (C=O) groups excluding carboxylic acids is 5. The Kier molecular flexibility index (Phi) is 44.0. The molecular weight excluding hydrogens is 977 g/mol. The Morgan fingerprint density at radius 3 is 1.47 bits per heavy atom. The van der Waals surface area contributed by atoms with E-state index in [1.54, 1.807) is 0 Å². The average molecular weight is 1090 g/mol. The van der Waals surface area contributed by atoms with Gasteiger partial charge in [-0.25, -0.2) is 4.79 Å². The lowest BCUT2D eigenvalue weighted by Gasteiger charge is -2.19. The zero-order valence-electron chi connectivity index (χ0n) is 49.0. The third-order valence-corrected chi connectivity index (χ3v) is 13.9. The molecular formula is C63H108N2O12. The Bertz CT molecular complexity index is 1670. The maximum Gasteiger partial charge on any atom is 0.407 e. The molecule has 1 heterocycles. The van der Waals surface area contributed by atoms with Crippen LogP contribution in [0.15, 0.2) is 30.4 Å². The Balaban J connectivity index is 2.00. The molecule has 0 aromatic heterocycles. The van der Waals surface area contributed by atoms with Crippen LogP contribution in [0.3, 0.4) is 0 Å². The molecule has 2 rings (SSSR count). The van der Waals surface area contributed by atoms with Crippen LogP contribution < -0.4 is 5.32 Å². The van der Waals surface area contributed by atoms with Gasteiger partial charge in [0.05, 0.1) is 13.0 Å². The molecule has 1 atom stereocenters. The minimum atomic E-state index is -0.482. The number of benzene rings is 1. The number of nitrogens with one attached hydrogen (secondary N) is 1. The quantitative estimate of drug-likeness (QED) is 0.0216. The van der Waals surface area contributed by atoms with Gasteiger partial charge in [0.25, 0.3) is 0 Å². The molecule has 1 aliphatic heterocycles. The number of hydrogen-bond donors (Lipinski definition) is 1. The van der Waals surface area contributed by atoms with Gasteiger partial charge in [0, 0.05) is 52.0 Å². The second-order valence-electron chi connectivity index (χ2n) is 21.2. The van der Waals surface area contributed by atoms with Crippen LogP contribution in [-0.2, 0) is 72.2 Å². The number of hydrogen-bond acceptors (Lipinski definition) is 13. The zero-order valence-corrected chi connectivity index (χ0v) is 49.0. The highest BCUT2D eigenvalue weighted by atomic mass is 16.7. The van der Waals surface area contributed by atoms with Gasteiger partial charge in [-0.2, -0.15) is 0 Å². The van der Waals surface area contributed by atoms with Crippen molar-refractivity contribution in [3.05, 3.63) is 47.0 Å². The van der Waals surface area contributed by atoms with E-state index in [-0.39, 0.29) is 57.0 Å². The number of unbranched alkanes of at least 4 members (excludes halogenated alkanes) is 19. The molecule has 1 N–H and O–H groups in total. The Morgan fingerprint density at radius 1 is 0.481 bits per heavy atom. The van der Waals surface area contributed by atoms with E-state index in [0.717, 1.165) is 96.7 Å². The Morgan fingerprint density at radius 2 is 0.922 bits per heavy atom. The van der Waals surface area contributed by atoms with Crippen molar-refractivity contribution in [2.24, 2.45) is 0 Å². The molecule has 1 aromatic carbocycles. The van der Waals surface area contributed by atoms with Crippen LogP contribution >= 0.6 is 0 Å².